The van der Waals surface area contributed by atoms with Crippen LogP contribution in [0, 0.1) is 6.92 Å². The van der Waals surface area contributed by atoms with Crippen LogP contribution in [0.25, 0.3) is 0 Å². The first kappa shape index (κ1) is 18.8. The monoisotopic (exact) mass is 455 g/mol. The van der Waals surface area contributed by atoms with Crippen molar-refractivity contribution >= 4 is 50.9 Å². The number of anilines is 1. The van der Waals surface area contributed by atoms with E-state index in [1.807, 2.05) is 49.4 Å². The summed E-state index contributed by atoms with van der Waals surface area (Å²) < 4.78 is 1.64. The van der Waals surface area contributed by atoms with E-state index in [0.717, 1.165) is 11.1 Å². The Morgan fingerprint density at radius 1 is 1.14 bits per heavy atom. The summed E-state index contributed by atoms with van der Waals surface area (Å²) in [6.45, 7) is 2.38. The Morgan fingerprint density at radius 3 is 2.68 bits per heavy atom. The number of benzene rings is 2. The molecule has 0 spiro atoms. The number of amides is 3. The minimum atomic E-state index is -0.390. The van der Waals surface area contributed by atoms with Crippen molar-refractivity contribution in [3.8, 4) is 0 Å². The smallest absolute Gasteiger partial charge is 0.240 e. The van der Waals surface area contributed by atoms with Gasteiger partial charge in [0.2, 0.25) is 0 Å². The van der Waals surface area contributed by atoms with E-state index >= 15 is 0 Å². The van der Waals surface area contributed by atoms with Crippen LogP contribution in [0.1, 0.15) is 11.1 Å². The van der Waals surface area contributed by atoms with Crippen molar-refractivity contribution in [1.82, 2.24) is 0 Å². The summed E-state index contributed by atoms with van der Waals surface area (Å²) in [7, 11) is 0. The van der Waals surface area contributed by atoms with Crippen molar-refractivity contribution in [2.75, 3.05) is 4.90 Å². The predicted molar refractivity (Wildman–Crippen MR) is 114 cm³/mol. The molecule has 0 saturated heterocycles. The van der Waals surface area contributed by atoms with Gasteiger partial charge < -0.3 is 0 Å². The number of hydrogen-bond donors (Lipinski definition) is 0. The van der Waals surface area contributed by atoms with E-state index in [1.165, 1.54) is 4.90 Å². The molecule has 3 amide bonds. The average molecular weight is 457 g/mol. The standard InChI is InChI=1S/C22H17BrClN2O2/c1-14-4-2-5-15(10-14)13-25-20-9-8-16(23)11-19(20)21(27)26(22(25)28)18-7-3-6-17(24)12-18/h2-12,16H,13H2,1H3/q+1. The SMILES string of the molecule is Cc1cccc(C[N+]2=C3C=CC(Br)C=C3C(=O)N(c3cccc(Cl)c3)C2=O)c1. The van der Waals surface area contributed by atoms with Crippen LogP contribution < -0.4 is 4.90 Å². The lowest BCUT2D eigenvalue weighted by atomic mass is 9.99. The first-order valence-corrected chi connectivity index (χ1v) is 10.1. The highest BCUT2D eigenvalue weighted by Gasteiger charge is 2.46. The summed E-state index contributed by atoms with van der Waals surface area (Å²) in [4.78, 5) is 27.7. The molecule has 140 valence electrons. The van der Waals surface area contributed by atoms with Crippen LogP contribution >= 0.6 is 27.5 Å². The summed E-state index contributed by atoms with van der Waals surface area (Å²) in [5, 5.41) is 0.467. The zero-order valence-electron chi connectivity index (χ0n) is 15.1. The van der Waals surface area contributed by atoms with Crippen LogP contribution in [0.4, 0.5) is 10.5 Å². The minimum Gasteiger partial charge on any atom is -0.240 e. The molecule has 0 saturated carbocycles. The minimum absolute atomic E-state index is 0.0644. The number of urea groups is 1. The fourth-order valence-electron chi connectivity index (χ4n) is 3.41. The number of carbonyl (C=O) groups excluding carboxylic acids is 2. The second kappa shape index (κ2) is 7.49. The molecule has 4 rings (SSSR count). The number of carbonyl (C=O) groups is 2. The Labute approximate surface area is 176 Å². The maximum Gasteiger partial charge on any atom is 0.507 e. The molecule has 1 atom stereocenters. The molecule has 1 unspecified atom stereocenters. The Hall–Kier alpha value is -2.50. The number of aryl methyl sites for hydroxylation is 1. The summed E-state index contributed by atoms with van der Waals surface area (Å²) >= 11 is 9.61. The molecule has 4 nitrogen and oxygen atoms in total. The maximum absolute atomic E-state index is 13.4. The van der Waals surface area contributed by atoms with Crippen LogP contribution in [0.3, 0.4) is 0 Å². The van der Waals surface area contributed by atoms with Gasteiger partial charge in [0, 0.05) is 11.1 Å². The first-order valence-electron chi connectivity index (χ1n) is 8.82. The van der Waals surface area contributed by atoms with Gasteiger partial charge in [-0.2, -0.15) is 9.37 Å². The van der Waals surface area contributed by atoms with E-state index in [1.54, 1.807) is 28.8 Å². The lowest BCUT2D eigenvalue weighted by molar-refractivity contribution is -0.442. The van der Waals surface area contributed by atoms with Crippen molar-refractivity contribution in [2.24, 2.45) is 0 Å². The van der Waals surface area contributed by atoms with Crippen LogP contribution in [-0.2, 0) is 11.3 Å². The van der Waals surface area contributed by atoms with Crippen LogP contribution in [0.15, 0.2) is 72.3 Å². The molecule has 0 fully saturated rings. The summed E-state index contributed by atoms with van der Waals surface area (Å²) in [6, 6.07) is 14.4. The third-order valence-electron chi connectivity index (χ3n) is 4.68. The van der Waals surface area contributed by atoms with Crippen molar-refractivity contribution in [3.05, 3.63) is 88.5 Å². The quantitative estimate of drug-likeness (QED) is 0.480. The molecule has 2 aliphatic rings. The summed E-state index contributed by atoms with van der Waals surface area (Å²) in [5.41, 5.74) is 3.68. The molecule has 28 heavy (non-hydrogen) atoms. The Balaban J connectivity index is 1.85. The molecule has 0 N–H and O–H groups in total. The number of alkyl halides is 1. The van der Waals surface area contributed by atoms with Gasteiger partial charge in [-0.1, -0.05) is 69.5 Å². The van der Waals surface area contributed by atoms with Gasteiger partial charge in [0.25, 0.3) is 0 Å². The number of halogens is 2. The van der Waals surface area contributed by atoms with Crippen molar-refractivity contribution < 1.29 is 14.2 Å². The van der Waals surface area contributed by atoms with E-state index < -0.39 is 6.03 Å². The third-order valence-corrected chi connectivity index (χ3v) is 5.48. The second-order valence-corrected chi connectivity index (χ2v) is 8.24. The number of nitrogens with zero attached hydrogens (tertiary/aromatic N) is 2. The van der Waals surface area contributed by atoms with Crippen LogP contribution in [-0.4, -0.2) is 27.1 Å². The lowest BCUT2D eigenvalue weighted by Gasteiger charge is -2.25. The van der Waals surface area contributed by atoms with Gasteiger partial charge in [-0.05, 0) is 36.8 Å². The highest BCUT2D eigenvalue weighted by Crippen LogP contribution is 2.28. The van der Waals surface area contributed by atoms with Gasteiger partial charge in [0.1, 0.15) is 23.5 Å². The average Bonchev–Trinajstić information content (AvgIpc) is 2.66. The molecule has 1 aliphatic heterocycles. The molecule has 0 aromatic heterocycles. The molecule has 2 aromatic rings. The van der Waals surface area contributed by atoms with E-state index in [2.05, 4.69) is 15.9 Å². The van der Waals surface area contributed by atoms with Crippen molar-refractivity contribution in [1.29, 1.82) is 0 Å². The zero-order valence-corrected chi connectivity index (χ0v) is 17.4. The molecule has 2 aromatic carbocycles. The third kappa shape index (κ3) is 3.48. The fourth-order valence-corrected chi connectivity index (χ4v) is 4.01. The first-order chi connectivity index (χ1) is 13.4. The van der Waals surface area contributed by atoms with Crippen LogP contribution in [0.2, 0.25) is 5.02 Å². The molecular formula is C22H17BrClN2O2+. The van der Waals surface area contributed by atoms with Crippen molar-refractivity contribution in [3.63, 3.8) is 0 Å². The van der Waals surface area contributed by atoms with E-state index in [-0.39, 0.29) is 10.7 Å². The van der Waals surface area contributed by atoms with E-state index in [0.29, 0.717) is 28.5 Å². The summed E-state index contributed by atoms with van der Waals surface area (Å²) in [6.07, 6.45) is 5.57. The molecule has 0 radical (unpaired) electrons. The maximum atomic E-state index is 13.4. The van der Waals surface area contributed by atoms with Gasteiger partial charge in [0.15, 0.2) is 0 Å². The number of allylic oxidation sites excluding steroid dienone is 3. The number of hydrogen-bond acceptors (Lipinski definition) is 2. The highest BCUT2D eigenvalue weighted by atomic mass is 79.9. The second-order valence-electron chi connectivity index (χ2n) is 6.75. The largest absolute Gasteiger partial charge is 0.507 e. The normalized spacial score (nSPS) is 19.0. The fraction of sp³-hybridized carbons (Fsp3) is 0.136. The van der Waals surface area contributed by atoms with Gasteiger partial charge in [-0.25, -0.2) is 4.79 Å². The number of fused-ring (bicyclic) bond motifs is 1. The lowest BCUT2D eigenvalue weighted by Crippen LogP contribution is -2.51. The zero-order chi connectivity index (χ0) is 19.8. The Bertz CT molecular complexity index is 1090. The predicted octanol–water partition coefficient (Wildman–Crippen LogP) is 5.03. The van der Waals surface area contributed by atoms with Gasteiger partial charge in [-0.15, -0.1) is 4.90 Å². The molecule has 1 aliphatic carbocycles. The molecule has 1 heterocycles. The Kier molecular flexibility index (Phi) is 5.04. The highest BCUT2D eigenvalue weighted by molar-refractivity contribution is 9.09. The van der Waals surface area contributed by atoms with Crippen LogP contribution in [0.5, 0.6) is 0 Å². The van der Waals surface area contributed by atoms with Crippen molar-refractivity contribution in [2.45, 2.75) is 18.3 Å². The van der Waals surface area contributed by atoms with Gasteiger partial charge >= 0.3 is 11.9 Å². The molecular weight excluding hydrogens is 440 g/mol. The van der Waals surface area contributed by atoms with Gasteiger partial charge in [0.05, 0.1) is 4.83 Å². The Morgan fingerprint density at radius 2 is 1.93 bits per heavy atom. The van der Waals surface area contributed by atoms with E-state index in [4.69, 9.17) is 11.6 Å². The summed E-state index contributed by atoms with van der Waals surface area (Å²) in [5.74, 6) is -0.350. The molecule has 0 bridgehead atoms. The number of rotatable bonds is 3. The topological polar surface area (TPSA) is 40.4 Å². The molecule has 6 heteroatoms. The van der Waals surface area contributed by atoms with E-state index in [9.17, 15) is 9.59 Å². The number of imide groups is 1. The van der Waals surface area contributed by atoms with Gasteiger partial charge in [-0.3, -0.25) is 0 Å².